The molecule has 2 aromatic rings. The van der Waals surface area contributed by atoms with E-state index in [2.05, 4.69) is 10.3 Å². The van der Waals surface area contributed by atoms with Gasteiger partial charge in [0.2, 0.25) is 0 Å². The van der Waals surface area contributed by atoms with Gasteiger partial charge in [-0.2, -0.15) is 0 Å². The lowest BCUT2D eigenvalue weighted by Crippen LogP contribution is -2.47. The van der Waals surface area contributed by atoms with Gasteiger partial charge in [0.25, 0.3) is 15.9 Å². The molecule has 0 aliphatic heterocycles. The SMILES string of the molecule is Cc1c(C)c(C)c(S(=O)(=O)NNC(=O)[C@H](C)Oc2ccccc2F)c(C)c1C. The van der Waals surface area contributed by atoms with Crippen molar-refractivity contribution in [3.63, 3.8) is 0 Å². The average Bonchev–Trinajstić information content (AvgIpc) is 2.64. The summed E-state index contributed by atoms with van der Waals surface area (Å²) in [5, 5.41) is 0. The van der Waals surface area contributed by atoms with Gasteiger partial charge < -0.3 is 4.74 Å². The summed E-state index contributed by atoms with van der Waals surface area (Å²) >= 11 is 0. The molecule has 0 saturated heterocycles. The van der Waals surface area contributed by atoms with Crippen LogP contribution in [0.2, 0.25) is 0 Å². The number of nitrogens with one attached hydrogen (secondary N) is 2. The van der Waals surface area contributed by atoms with Crippen LogP contribution in [-0.2, 0) is 14.8 Å². The molecule has 0 radical (unpaired) electrons. The molecule has 6 nitrogen and oxygen atoms in total. The summed E-state index contributed by atoms with van der Waals surface area (Å²) in [5.74, 6) is -1.45. The van der Waals surface area contributed by atoms with Crippen molar-refractivity contribution in [2.24, 2.45) is 0 Å². The van der Waals surface area contributed by atoms with E-state index in [1.54, 1.807) is 19.9 Å². The van der Waals surface area contributed by atoms with Crippen molar-refractivity contribution in [1.82, 2.24) is 10.3 Å². The van der Waals surface area contributed by atoms with Gasteiger partial charge in [-0.05, 0) is 81.5 Å². The van der Waals surface area contributed by atoms with E-state index < -0.39 is 27.9 Å². The number of benzene rings is 2. The fourth-order valence-electron chi connectivity index (χ4n) is 2.92. The summed E-state index contributed by atoms with van der Waals surface area (Å²) in [6, 6.07) is 5.65. The number of halogens is 1. The molecule has 0 unspecified atom stereocenters. The van der Waals surface area contributed by atoms with E-state index in [9.17, 15) is 17.6 Å². The molecular weight excluding hydrogens is 383 g/mol. The Morgan fingerprint density at radius 2 is 1.46 bits per heavy atom. The lowest BCUT2D eigenvalue weighted by Gasteiger charge is -2.20. The largest absolute Gasteiger partial charge is 0.478 e. The lowest BCUT2D eigenvalue weighted by atomic mass is 9.95. The number of carbonyl (C=O) groups is 1. The minimum absolute atomic E-state index is 0.0931. The molecule has 2 N–H and O–H groups in total. The number of amides is 1. The van der Waals surface area contributed by atoms with Crippen LogP contribution in [0.1, 0.15) is 34.7 Å². The van der Waals surface area contributed by atoms with Crippen LogP contribution in [0.4, 0.5) is 4.39 Å². The number of carbonyl (C=O) groups excluding carboxylic acids is 1. The molecule has 28 heavy (non-hydrogen) atoms. The normalized spacial score (nSPS) is 12.5. The predicted octanol–water partition coefficient (Wildman–Crippen LogP) is 3.14. The molecule has 1 atom stereocenters. The molecule has 0 spiro atoms. The van der Waals surface area contributed by atoms with E-state index in [-0.39, 0.29) is 10.6 Å². The van der Waals surface area contributed by atoms with Crippen molar-refractivity contribution in [3.8, 4) is 5.75 Å². The third-order valence-electron chi connectivity index (χ3n) is 5.02. The molecule has 0 heterocycles. The summed E-state index contributed by atoms with van der Waals surface area (Å²) < 4.78 is 44.5. The van der Waals surface area contributed by atoms with Crippen LogP contribution in [0.3, 0.4) is 0 Å². The second-order valence-corrected chi connectivity index (χ2v) is 8.36. The van der Waals surface area contributed by atoms with Crippen molar-refractivity contribution in [2.45, 2.75) is 52.5 Å². The summed E-state index contributed by atoms with van der Waals surface area (Å²) in [7, 11) is -4.00. The van der Waals surface area contributed by atoms with E-state index in [4.69, 9.17) is 4.74 Å². The molecular formula is C20H25FN2O4S. The Labute approximate surface area is 165 Å². The molecule has 2 aromatic carbocycles. The van der Waals surface area contributed by atoms with Gasteiger partial charge >= 0.3 is 0 Å². The first-order valence-electron chi connectivity index (χ1n) is 8.77. The zero-order valence-electron chi connectivity index (χ0n) is 16.8. The number of sulfonamides is 1. The fourth-order valence-corrected chi connectivity index (χ4v) is 4.37. The number of para-hydroxylation sites is 1. The van der Waals surface area contributed by atoms with Gasteiger partial charge in [0.1, 0.15) is 0 Å². The van der Waals surface area contributed by atoms with Crippen LogP contribution in [-0.4, -0.2) is 20.4 Å². The van der Waals surface area contributed by atoms with Crippen LogP contribution in [0, 0.1) is 40.4 Å². The Balaban J connectivity index is 2.18. The molecule has 0 aliphatic carbocycles. The van der Waals surface area contributed by atoms with Gasteiger partial charge in [-0.15, -0.1) is 4.83 Å². The highest BCUT2D eigenvalue weighted by atomic mass is 32.2. The Bertz CT molecular complexity index is 990. The van der Waals surface area contributed by atoms with Gasteiger partial charge in [0, 0.05) is 0 Å². The molecule has 0 aromatic heterocycles. The van der Waals surface area contributed by atoms with Crippen LogP contribution in [0.25, 0.3) is 0 Å². The highest BCUT2D eigenvalue weighted by Gasteiger charge is 2.25. The maximum absolute atomic E-state index is 13.6. The topological polar surface area (TPSA) is 84.5 Å². The van der Waals surface area contributed by atoms with E-state index in [0.29, 0.717) is 11.1 Å². The average molecular weight is 408 g/mol. The van der Waals surface area contributed by atoms with Gasteiger partial charge in [-0.3, -0.25) is 10.2 Å². The quantitative estimate of drug-likeness (QED) is 0.719. The maximum atomic E-state index is 13.6. The predicted molar refractivity (Wildman–Crippen MR) is 105 cm³/mol. The van der Waals surface area contributed by atoms with Gasteiger partial charge in [0.05, 0.1) is 4.90 Å². The molecule has 1 amide bonds. The van der Waals surface area contributed by atoms with Crippen LogP contribution < -0.4 is 15.0 Å². The molecule has 2 rings (SSSR count). The molecule has 0 bridgehead atoms. The van der Waals surface area contributed by atoms with Gasteiger partial charge in [-0.25, -0.2) is 12.8 Å². The number of hydrogen-bond donors (Lipinski definition) is 2. The standard InChI is InChI=1S/C20H25FN2O4S/c1-11-12(2)14(4)19(15(5)13(11)3)28(25,26)23-22-20(24)16(6)27-18-10-8-7-9-17(18)21/h7-10,16,23H,1-6H3,(H,22,24)/t16-/m0/s1. The second kappa shape index (κ2) is 8.28. The third-order valence-corrected chi connectivity index (χ3v) is 6.54. The first kappa shape index (κ1) is 21.8. The van der Waals surface area contributed by atoms with Crippen LogP contribution >= 0.6 is 0 Å². The zero-order valence-corrected chi connectivity index (χ0v) is 17.6. The molecule has 0 aliphatic rings. The van der Waals surface area contributed by atoms with Crippen molar-refractivity contribution < 1.29 is 22.3 Å². The van der Waals surface area contributed by atoms with E-state index in [1.807, 2.05) is 20.8 Å². The summed E-state index contributed by atoms with van der Waals surface area (Å²) in [4.78, 5) is 14.5. The van der Waals surface area contributed by atoms with E-state index >= 15 is 0 Å². The second-order valence-electron chi connectivity index (χ2n) is 6.74. The van der Waals surface area contributed by atoms with E-state index in [0.717, 1.165) is 16.7 Å². The third kappa shape index (κ3) is 4.34. The summed E-state index contributed by atoms with van der Waals surface area (Å²) in [6.45, 7) is 10.5. The Morgan fingerprint density at radius 1 is 0.964 bits per heavy atom. The smallest absolute Gasteiger partial charge is 0.275 e. The monoisotopic (exact) mass is 408 g/mol. The Kier molecular flexibility index (Phi) is 6.46. The highest BCUT2D eigenvalue weighted by molar-refractivity contribution is 7.89. The number of ether oxygens (including phenoxy) is 1. The van der Waals surface area contributed by atoms with Crippen molar-refractivity contribution >= 4 is 15.9 Å². The molecule has 0 saturated carbocycles. The summed E-state index contributed by atoms with van der Waals surface area (Å²) in [5.41, 5.74) is 6.18. The minimum Gasteiger partial charge on any atom is -0.478 e. The first-order valence-corrected chi connectivity index (χ1v) is 10.3. The Morgan fingerprint density at radius 3 is 2.00 bits per heavy atom. The Hall–Kier alpha value is -2.45. The van der Waals surface area contributed by atoms with Crippen molar-refractivity contribution in [1.29, 1.82) is 0 Å². The first-order chi connectivity index (χ1) is 13.0. The van der Waals surface area contributed by atoms with Crippen molar-refractivity contribution in [3.05, 3.63) is 57.9 Å². The van der Waals surface area contributed by atoms with Gasteiger partial charge in [-0.1, -0.05) is 12.1 Å². The maximum Gasteiger partial charge on any atom is 0.275 e. The fraction of sp³-hybridized carbons (Fsp3) is 0.350. The number of hydrazine groups is 1. The zero-order chi connectivity index (χ0) is 21.2. The minimum atomic E-state index is -4.00. The molecule has 0 fully saturated rings. The van der Waals surface area contributed by atoms with Crippen LogP contribution in [0.15, 0.2) is 29.2 Å². The lowest BCUT2D eigenvalue weighted by molar-refractivity contribution is -0.127. The summed E-state index contributed by atoms with van der Waals surface area (Å²) in [6.07, 6.45) is -1.11. The van der Waals surface area contributed by atoms with E-state index in [1.165, 1.54) is 25.1 Å². The van der Waals surface area contributed by atoms with Crippen LogP contribution in [0.5, 0.6) is 5.75 Å². The number of hydrogen-bond acceptors (Lipinski definition) is 4. The van der Waals surface area contributed by atoms with Crippen molar-refractivity contribution in [2.75, 3.05) is 0 Å². The number of rotatable bonds is 6. The molecule has 8 heteroatoms. The highest BCUT2D eigenvalue weighted by Crippen LogP contribution is 2.29. The van der Waals surface area contributed by atoms with Gasteiger partial charge in [0.15, 0.2) is 17.7 Å². The molecule has 152 valence electrons.